The van der Waals surface area contributed by atoms with E-state index in [-0.39, 0.29) is 18.4 Å². The molecule has 1 heterocycles. The number of carbonyl (C=O) groups is 2. The number of hydrogen-bond acceptors (Lipinski definition) is 4. The van der Waals surface area contributed by atoms with Crippen LogP contribution in [0.2, 0.25) is 0 Å². The molecule has 3 rings (SSSR count). The summed E-state index contributed by atoms with van der Waals surface area (Å²) in [6.45, 7) is 4.07. The third kappa shape index (κ3) is 4.60. The number of esters is 1. The number of carbonyl (C=O) groups excluding carboxylic acids is 2. The molecule has 0 saturated heterocycles. The van der Waals surface area contributed by atoms with Crippen LogP contribution >= 0.6 is 11.3 Å². The van der Waals surface area contributed by atoms with Gasteiger partial charge in [-0.2, -0.15) is 4.99 Å². The van der Waals surface area contributed by atoms with Gasteiger partial charge in [0.05, 0.1) is 16.8 Å². The Morgan fingerprint density at radius 2 is 1.93 bits per heavy atom. The monoisotopic (exact) mass is 380 g/mol. The minimum atomic E-state index is -0.374. The zero-order chi connectivity index (χ0) is 19.2. The van der Waals surface area contributed by atoms with Crippen molar-refractivity contribution in [1.82, 2.24) is 4.57 Å². The Kier molecular flexibility index (Phi) is 5.98. The summed E-state index contributed by atoms with van der Waals surface area (Å²) in [4.78, 5) is 29.1. The van der Waals surface area contributed by atoms with E-state index in [1.807, 2.05) is 55.5 Å². The van der Waals surface area contributed by atoms with Crippen LogP contribution in [0.25, 0.3) is 16.3 Å². The lowest BCUT2D eigenvalue weighted by molar-refractivity contribution is -0.143. The molecule has 0 spiro atoms. The van der Waals surface area contributed by atoms with Gasteiger partial charge in [-0.05, 0) is 37.1 Å². The molecule has 0 fully saturated rings. The van der Waals surface area contributed by atoms with E-state index < -0.39 is 0 Å². The highest BCUT2D eigenvalue weighted by atomic mass is 32.1. The fourth-order valence-electron chi connectivity index (χ4n) is 2.74. The number of thiazole rings is 1. The molecule has 0 saturated carbocycles. The summed E-state index contributed by atoms with van der Waals surface area (Å²) in [6, 6.07) is 15.4. The standard InChI is InChI=1S/C21H20N2O3S/c1-3-26-19(25)14-23-20-15(2)8-7-11-17(20)27-21(23)22-18(24)13-12-16-9-5-4-6-10-16/h4-13H,3,14H2,1-2H3/b13-12+,22-21?. The Morgan fingerprint density at radius 3 is 2.67 bits per heavy atom. The third-order valence-electron chi connectivity index (χ3n) is 3.92. The van der Waals surface area contributed by atoms with Crippen molar-refractivity contribution in [2.24, 2.45) is 4.99 Å². The average molecular weight is 380 g/mol. The van der Waals surface area contributed by atoms with Crippen molar-refractivity contribution in [3.63, 3.8) is 0 Å². The molecule has 0 atom stereocenters. The molecule has 1 amide bonds. The highest BCUT2D eigenvalue weighted by Crippen LogP contribution is 2.21. The van der Waals surface area contributed by atoms with Crippen LogP contribution in [0.3, 0.4) is 0 Å². The first-order valence-corrected chi connectivity index (χ1v) is 9.46. The molecular weight excluding hydrogens is 360 g/mol. The van der Waals surface area contributed by atoms with Crippen LogP contribution in [0.5, 0.6) is 0 Å². The van der Waals surface area contributed by atoms with Crippen LogP contribution in [-0.4, -0.2) is 23.1 Å². The first kappa shape index (κ1) is 18.8. The topological polar surface area (TPSA) is 60.7 Å². The molecule has 1 aromatic heterocycles. The minimum Gasteiger partial charge on any atom is -0.465 e. The number of rotatable bonds is 5. The highest BCUT2D eigenvalue weighted by Gasteiger charge is 2.13. The third-order valence-corrected chi connectivity index (χ3v) is 4.96. The Morgan fingerprint density at radius 1 is 1.15 bits per heavy atom. The number of aryl methyl sites for hydroxylation is 1. The molecule has 0 aliphatic rings. The van der Waals surface area contributed by atoms with Gasteiger partial charge in [-0.25, -0.2) is 0 Å². The summed E-state index contributed by atoms with van der Waals surface area (Å²) < 4.78 is 7.80. The summed E-state index contributed by atoms with van der Waals surface area (Å²) in [7, 11) is 0. The van der Waals surface area contributed by atoms with Crippen molar-refractivity contribution < 1.29 is 14.3 Å². The van der Waals surface area contributed by atoms with Crippen molar-refractivity contribution in [2.75, 3.05) is 6.61 Å². The quantitative estimate of drug-likeness (QED) is 0.501. The molecule has 0 unspecified atom stereocenters. The van der Waals surface area contributed by atoms with Crippen LogP contribution in [0.1, 0.15) is 18.1 Å². The largest absolute Gasteiger partial charge is 0.465 e. The molecule has 2 aromatic carbocycles. The van der Waals surface area contributed by atoms with Crippen LogP contribution in [0.15, 0.2) is 59.6 Å². The summed E-state index contributed by atoms with van der Waals surface area (Å²) >= 11 is 1.38. The molecule has 0 bridgehead atoms. The Hall–Kier alpha value is -2.99. The molecule has 3 aromatic rings. The smallest absolute Gasteiger partial charge is 0.326 e. The van der Waals surface area contributed by atoms with Gasteiger partial charge in [0.15, 0.2) is 4.80 Å². The molecule has 0 aliphatic heterocycles. The molecule has 27 heavy (non-hydrogen) atoms. The van der Waals surface area contributed by atoms with Crippen molar-refractivity contribution in [3.8, 4) is 0 Å². The molecule has 5 nitrogen and oxygen atoms in total. The summed E-state index contributed by atoms with van der Waals surface area (Å²) in [5.74, 6) is -0.727. The van der Waals surface area contributed by atoms with E-state index in [0.29, 0.717) is 11.4 Å². The van der Waals surface area contributed by atoms with Gasteiger partial charge >= 0.3 is 5.97 Å². The summed E-state index contributed by atoms with van der Waals surface area (Å²) in [6.07, 6.45) is 3.15. The molecule has 0 N–H and O–H groups in total. The van der Waals surface area contributed by atoms with Crippen LogP contribution in [-0.2, 0) is 20.9 Å². The maximum Gasteiger partial charge on any atom is 0.326 e. The predicted octanol–water partition coefficient (Wildman–Crippen LogP) is 3.72. The Labute approximate surface area is 161 Å². The zero-order valence-electron chi connectivity index (χ0n) is 15.2. The van der Waals surface area contributed by atoms with Crippen LogP contribution in [0.4, 0.5) is 0 Å². The lowest BCUT2D eigenvalue weighted by atomic mass is 10.2. The number of ether oxygens (including phenoxy) is 1. The summed E-state index contributed by atoms with van der Waals surface area (Å²) in [5, 5.41) is 0. The van der Waals surface area contributed by atoms with E-state index in [2.05, 4.69) is 4.99 Å². The highest BCUT2D eigenvalue weighted by molar-refractivity contribution is 7.16. The first-order chi connectivity index (χ1) is 13.1. The predicted molar refractivity (Wildman–Crippen MR) is 107 cm³/mol. The second-order valence-corrected chi connectivity index (χ2v) is 6.90. The maximum atomic E-state index is 12.3. The van der Waals surface area contributed by atoms with Crippen molar-refractivity contribution in [3.05, 3.63) is 70.5 Å². The second kappa shape index (κ2) is 8.60. The van der Waals surface area contributed by atoms with Gasteiger partial charge < -0.3 is 9.30 Å². The minimum absolute atomic E-state index is 0.0210. The Bertz CT molecular complexity index is 1060. The van der Waals surface area contributed by atoms with Gasteiger partial charge in [-0.1, -0.05) is 53.8 Å². The molecule has 138 valence electrons. The van der Waals surface area contributed by atoms with Crippen LogP contribution in [0, 0.1) is 6.92 Å². The fourth-order valence-corrected chi connectivity index (χ4v) is 3.85. The lowest BCUT2D eigenvalue weighted by Crippen LogP contribution is -2.23. The van der Waals surface area contributed by atoms with Crippen molar-refractivity contribution in [2.45, 2.75) is 20.4 Å². The van der Waals surface area contributed by atoms with E-state index in [4.69, 9.17) is 4.74 Å². The van der Waals surface area contributed by atoms with E-state index >= 15 is 0 Å². The maximum absolute atomic E-state index is 12.3. The lowest BCUT2D eigenvalue weighted by Gasteiger charge is -2.06. The van der Waals surface area contributed by atoms with E-state index in [1.54, 1.807) is 17.6 Å². The van der Waals surface area contributed by atoms with Crippen molar-refractivity contribution in [1.29, 1.82) is 0 Å². The van der Waals surface area contributed by atoms with Gasteiger partial charge in [-0.15, -0.1) is 0 Å². The number of benzene rings is 2. The van der Waals surface area contributed by atoms with E-state index in [1.165, 1.54) is 17.4 Å². The molecule has 0 aliphatic carbocycles. The first-order valence-electron chi connectivity index (χ1n) is 8.65. The number of fused-ring (bicyclic) bond motifs is 1. The number of aromatic nitrogens is 1. The second-order valence-electron chi connectivity index (χ2n) is 5.89. The number of para-hydroxylation sites is 1. The van der Waals surface area contributed by atoms with E-state index in [9.17, 15) is 9.59 Å². The zero-order valence-corrected chi connectivity index (χ0v) is 16.0. The number of hydrogen-bond donors (Lipinski definition) is 0. The SMILES string of the molecule is CCOC(=O)Cn1c(=NC(=O)/C=C/c2ccccc2)sc2cccc(C)c21. The Balaban J connectivity index is 2.00. The molecule has 6 heteroatoms. The summed E-state index contributed by atoms with van der Waals surface area (Å²) in [5.41, 5.74) is 2.84. The van der Waals surface area contributed by atoms with Crippen LogP contribution < -0.4 is 4.80 Å². The average Bonchev–Trinajstić information content (AvgIpc) is 2.99. The van der Waals surface area contributed by atoms with Gasteiger partial charge in [-0.3, -0.25) is 9.59 Å². The van der Waals surface area contributed by atoms with E-state index in [0.717, 1.165) is 21.3 Å². The normalized spacial score (nSPS) is 12.0. The number of amides is 1. The van der Waals surface area contributed by atoms with Crippen molar-refractivity contribution >= 4 is 39.5 Å². The molecular formula is C21H20N2O3S. The van der Waals surface area contributed by atoms with Gasteiger partial charge in [0, 0.05) is 6.08 Å². The number of nitrogens with zero attached hydrogens (tertiary/aromatic N) is 2. The van der Waals surface area contributed by atoms with Gasteiger partial charge in [0.1, 0.15) is 6.54 Å². The molecule has 0 radical (unpaired) electrons. The van der Waals surface area contributed by atoms with Gasteiger partial charge in [0.25, 0.3) is 5.91 Å². The van der Waals surface area contributed by atoms with Gasteiger partial charge in [0.2, 0.25) is 0 Å². The fraction of sp³-hybridized carbons (Fsp3) is 0.190.